The third-order valence-electron chi connectivity index (χ3n) is 7.66. The molecule has 2 aromatic carbocycles. The zero-order chi connectivity index (χ0) is 24.8. The van der Waals surface area contributed by atoms with E-state index in [4.69, 9.17) is 9.47 Å². The van der Waals surface area contributed by atoms with Crippen molar-refractivity contribution in [1.82, 2.24) is 0 Å². The molecular formula is C30H37F3O2. The molecule has 1 atom stereocenters. The molecule has 0 aromatic heterocycles. The summed E-state index contributed by atoms with van der Waals surface area (Å²) in [4.78, 5) is 0. The van der Waals surface area contributed by atoms with Crippen LogP contribution in [0.25, 0.3) is 5.57 Å². The zero-order valence-electron chi connectivity index (χ0n) is 20.9. The average Bonchev–Trinajstić information content (AvgIpc) is 2.87. The van der Waals surface area contributed by atoms with Crippen LogP contribution in [-0.2, 0) is 11.2 Å². The summed E-state index contributed by atoms with van der Waals surface area (Å²) in [5.74, 6) is -0.397. The van der Waals surface area contributed by atoms with E-state index in [1.54, 1.807) is 12.1 Å². The van der Waals surface area contributed by atoms with Crippen molar-refractivity contribution in [3.63, 3.8) is 0 Å². The van der Waals surface area contributed by atoms with Crippen molar-refractivity contribution in [1.29, 1.82) is 0 Å². The molecule has 0 spiro atoms. The normalized spacial score (nSPS) is 22.7. The topological polar surface area (TPSA) is 18.5 Å². The Morgan fingerprint density at radius 2 is 1.69 bits per heavy atom. The lowest BCUT2D eigenvalue weighted by Crippen LogP contribution is -2.16. The first kappa shape index (κ1) is 25.8. The van der Waals surface area contributed by atoms with Crippen molar-refractivity contribution in [3.8, 4) is 5.75 Å². The predicted molar refractivity (Wildman–Crippen MR) is 134 cm³/mol. The first-order chi connectivity index (χ1) is 17.0. The van der Waals surface area contributed by atoms with Crippen LogP contribution in [0.5, 0.6) is 5.75 Å². The van der Waals surface area contributed by atoms with Crippen LogP contribution in [0.1, 0.15) is 87.8 Å². The van der Waals surface area contributed by atoms with Crippen LogP contribution in [0.3, 0.4) is 0 Å². The van der Waals surface area contributed by atoms with E-state index in [-0.39, 0.29) is 17.8 Å². The van der Waals surface area contributed by atoms with Crippen molar-refractivity contribution in [2.75, 3.05) is 13.2 Å². The van der Waals surface area contributed by atoms with E-state index in [0.717, 1.165) is 56.1 Å². The molecule has 1 fully saturated rings. The minimum Gasteiger partial charge on any atom is -0.494 e. The van der Waals surface area contributed by atoms with Gasteiger partial charge < -0.3 is 9.47 Å². The fourth-order valence-electron chi connectivity index (χ4n) is 5.69. The highest BCUT2D eigenvalue weighted by Crippen LogP contribution is 2.39. The van der Waals surface area contributed by atoms with Gasteiger partial charge in [-0.3, -0.25) is 0 Å². The smallest absolute Gasteiger partial charge is 0.166 e. The highest BCUT2D eigenvalue weighted by Gasteiger charge is 2.26. The third-order valence-corrected chi connectivity index (χ3v) is 7.66. The number of rotatable bonds is 9. The van der Waals surface area contributed by atoms with Crippen molar-refractivity contribution in [2.45, 2.75) is 83.7 Å². The summed E-state index contributed by atoms with van der Waals surface area (Å²) >= 11 is 0. The minimum atomic E-state index is -0.724. The van der Waals surface area contributed by atoms with Gasteiger partial charge in [-0.1, -0.05) is 24.3 Å². The Kier molecular flexibility index (Phi) is 8.94. The number of benzene rings is 2. The summed E-state index contributed by atoms with van der Waals surface area (Å²) < 4.78 is 55.4. The van der Waals surface area contributed by atoms with E-state index in [1.165, 1.54) is 6.07 Å². The maximum absolute atomic E-state index is 14.9. The van der Waals surface area contributed by atoms with Gasteiger partial charge in [0.2, 0.25) is 0 Å². The summed E-state index contributed by atoms with van der Waals surface area (Å²) in [7, 11) is 0. The molecule has 2 aliphatic rings. The van der Waals surface area contributed by atoms with Crippen LogP contribution in [0.4, 0.5) is 13.2 Å². The Hall–Kier alpha value is -2.27. The van der Waals surface area contributed by atoms with Gasteiger partial charge >= 0.3 is 0 Å². The highest BCUT2D eigenvalue weighted by molar-refractivity contribution is 5.67. The Labute approximate surface area is 207 Å². The van der Waals surface area contributed by atoms with E-state index in [9.17, 15) is 13.2 Å². The van der Waals surface area contributed by atoms with E-state index in [0.29, 0.717) is 48.8 Å². The first-order valence-electron chi connectivity index (χ1n) is 13.2. The lowest BCUT2D eigenvalue weighted by Gasteiger charge is -2.29. The van der Waals surface area contributed by atoms with Gasteiger partial charge in [0.05, 0.1) is 12.7 Å². The van der Waals surface area contributed by atoms with E-state index >= 15 is 0 Å². The molecule has 2 aliphatic carbocycles. The van der Waals surface area contributed by atoms with Crippen molar-refractivity contribution in [3.05, 3.63) is 70.5 Å². The number of aryl methyl sites for hydroxylation is 1. The standard InChI is InChI=1S/C30H37F3O2/c1-3-34-24-14-11-22(12-15-24)27-17-13-23(29(32)30(27)33)10-7-20-5-8-21(9-6-20)26-18-16-25(35-4-2)19-28(26)31/h11,13,16-21,24H,3-10,12,14-15H2,1-2H3. The van der Waals surface area contributed by atoms with Gasteiger partial charge in [0, 0.05) is 18.2 Å². The third kappa shape index (κ3) is 6.30. The van der Waals surface area contributed by atoms with Gasteiger partial charge in [0.15, 0.2) is 11.6 Å². The van der Waals surface area contributed by atoms with Crippen LogP contribution in [0, 0.1) is 23.4 Å². The Balaban J connectivity index is 1.31. The molecule has 0 saturated heterocycles. The summed E-state index contributed by atoms with van der Waals surface area (Å²) in [6, 6.07) is 8.67. The molecule has 1 unspecified atom stereocenters. The molecule has 5 heteroatoms. The largest absolute Gasteiger partial charge is 0.494 e. The fourth-order valence-corrected chi connectivity index (χ4v) is 5.69. The molecule has 0 heterocycles. The van der Waals surface area contributed by atoms with Crippen LogP contribution >= 0.6 is 0 Å². The van der Waals surface area contributed by atoms with Crippen LogP contribution < -0.4 is 4.74 Å². The second-order valence-corrected chi connectivity index (χ2v) is 9.85. The molecule has 190 valence electrons. The number of ether oxygens (including phenoxy) is 2. The Morgan fingerprint density at radius 1 is 0.886 bits per heavy atom. The molecule has 35 heavy (non-hydrogen) atoms. The number of hydrogen-bond acceptors (Lipinski definition) is 2. The quantitative estimate of drug-likeness (QED) is 0.354. The van der Waals surface area contributed by atoms with Crippen molar-refractivity contribution < 1.29 is 22.6 Å². The average molecular weight is 487 g/mol. The van der Waals surface area contributed by atoms with Crippen LogP contribution in [0.2, 0.25) is 0 Å². The summed E-state index contributed by atoms with van der Waals surface area (Å²) in [6.45, 7) is 5.05. The molecule has 0 bridgehead atoms. The minimum absolute atomic E-state index is 0.178. The second-order valence-electron chi connectivity index (χ2n) is 9.85. The summed E-state index contributed by atoms with van der Waals surface area (Å²) in [6.07, 6.45) is 9.61. The van der Waals surface area contributed by atoms with Crippen LogP contribution in [-0.4, -0.2) is 19.3 Å². The molecule has 0 aliphatic heterocycles. The Morgan fingerprint density at radius 3 is 2.34 bits per heavy atom. The molecule has 2 aromatic rings. The molecule has 2 nitrogen and oxygen atoms in total. The summed E-state index contributed by atoms with van der Waals surface area (Å²) in [5.41, 5.74) is 2.48. The fraction of sp³-hybridized carbons (Fsp3) is 0.533. The lowest BCUT2D eigenvalue weighted by molar-refractivity contribution is 0.0579. The number of hydrogen-bond donors (Lipinski definition) is 0. The second kappa shape index (κ2) is 12.1. The van der Waals surface area contributed by atoms with E-state index in [2.05, 4.69) is 0 Å². The molecule has 1 saturated carbocycles. The van der Waals surface area contributed by atoms with E-state index < -0.39 is 11.6 Å². The number of halogens is 3. The maximum atomic E-state index is 14.9. The molecule has 4 rings (SSSR count). The molecule has 0 N–H and O–H groups in total. The highest BCUT2D eigenvalue weighted by atomic mass is 19.2. The van der Waals surface area contributed by atoms with Gasteiger partial charge in [0.25, 0.3) is 0 Å². The van der Waals surface area contributed by atoms with Gasteiger partial charge in [-0.25, -0.2) is 13.2 Å². The van der Waals surface area contributed by atoms with Crippen molar-refractivity contribution >= 4 is 5.57 Å². The van der Waals surface area contributed by atoms with Gasteiger partial charge in [-0.2, -0.15) is 0 Å². The summed E-state index contributed by atoms with van der Waals surface area (Å²) in [5, 5.41) is 0. The molecular weight excluding hydrogens is 449 g/mol. The van der Waals surface area contributed by atoms with Crippen molar-refractivity contribution in [2.24, 2.45) is 5.92 Å². The predicted octanol–water partition coefficient (Wildman–Crippen LogP) is 8.38. The Bertz CT molecular complexity index is 1020. The molecule has 0 amide bonds. The molecule has 0 radical (unpaired) electrons. The van der Waals surface area contributed by atoms with Gasteiger partial charge in [-0.05, 0) is 106 Å². The monoisotopic (exact) mass is 486 g/mol. The van der Waals surface area contributed by atoms with Gasteiger partial charge in [0.1, 0.15) is 11.6 Å². The van der Waals surface area contributed by atoms with E-state index in [1.807, 2.05) is 32.1 Å². The van der Waals surface area contributed by atoms with Crippen LogP contribution in [0.15, 0.2) is 36.4 Å². The number of allylic oxidation sites excluding steroid dienone is 1. The first-order valence-corrected chi connectivity index (χ1v) is 13.2. The SMILES string of the molecule is CCOc1ccc(C2CCC(CCc3ccc(C4=CCC(OCC)CC4)c(F)c3F)CC2)c(F)c1. The zero-order valence-corrected chi connectivity index (χ0v) is 20.9. The maximum Gasteiger partial charge on any atom is 0.166 e. The lowest BCUT2D eigenvalue weighted by atomic mass is 9.76. The van der Waals surface area contributed by atoms with Gasteiger partial charge in [-0.15, -0.1) is 0 Å².